The summed E-state index contributed by atoms with van der Waals surface area (Å²) in [6.45, 7) is 6.87. The number of rotatable bonds is 36. The largest absolute Gasteiger partial charge is 0.530 e. The fraction of sp³-hybridized carbons (Fsp3) is 0.455. The van der Waals surface area contributed by atoms with Crippen LogP contribution >= 0.6 is 8.60 Å². The van der Waals surface area contributed by atoms with Crippen molar-refractivity contribution in [3.05, 3.63) is 162 Å². The number of aryl methyl sites for hydroxylation is 3. The standard InChI is InChI=1S/C66H87O3P/c1-4-7-10-13-16-19-22-25-40-55-43-28-31-46-58(55)61-49-34-37-52-64(61)67-70(68-65-53-38-35-50-62(65)59-47-32-29-44-56(59)41-26-23-20-17-14-11-8-5-2)69-66-54-39-36-51-63(66)60-48-33-30-45-57(60)42-27-24-21-18-15-12-9-6-3/h28-39,43-54H,4-27,40-42H2,1-3H3. The molecule has 0 bridgehead atoms. The summed E-state index contributed by atoms with van der Waals surface area (Å²) in [5.74, 6) is 2.28. The predicted octanol–water partition coefficient (Wildman–Crippen LogP) is 21.5. The number of hydrogen-bond donors (Lipinski definition) is 0. The Morgan fingerprint density at radius 2 is 0.457 bits per heavy atom. The first-order valence-electron chi connectivity index (χ1n) is 28.1. The Labute approximate surface area is 427 Å². The third kappa shape index (κ3) is 18.4. The second-order valence-electron chi connectivity index (χ2n) is 19.6. The quantitative estimate of drug-likeness (QED) is 0.0290. The molecule has 6 aromatic rings. The van der Waals surface area contributed by atoms with Gasteiger partial charge in [0, 0.05) is 16.7 Å². The van der Waals surface area contributed by atoms with E-state index >= 15 is 0 Å². The van der Waals surface area contributed by atoms with E-state index in [1.807, 2.05) is 0 Å². The van der Waals surface area contributed by atoms with Crippen molar-refractivity contribution >= 4 is 8.60 Å². The molecule has 0 saturated carbocycles. The summed E-state index contributed by atoms with van der Waals surface area (Å²) in [6.07, 6.45) is 34.5. The first kappa shape index (κ1) is 54.5. The topological polar surface area (TPSA) is 27.7 Å². The summed E-state index contributed by atoms with van der Waals surface area (Å²) in [4.78, 5) is 0. The van der Waals surface area contributed by atoms with Crippen LogP contribution in [0.15, 0.2) is 146 Å². The van der Waals surface area contributed by atoms with E-state index in [1.165, 1.54) is 187 Å². The molecule has 0 spiro atoms. The molecule has 0 saturated heterocycles. The van der Waals surface area contributed by atoms with Gasteiger partial charge in [-0.25, -0.2) is 0 Å². The van der Waals surface area contributed by atoms with Crippen molar-refractivity contribution in [2.45, 2.75) is 194 Å². The normalized spacial score (nSPS) is 11.3. The summed E-state index contributed by atoms with van der Waals surface area (Å²) >= 11 is 0. The van der Waals surface area contributed by atoms with Crippen molar-refractivity contribution in [3.63, 3.8) is 0 Å². The van der Waals surface area contributed by atoms with E-state index in [0.717, 1.165) is 53.2 Å². The minimum Gasteiger partial charge on any atom is -0.408 e. The maximum atomic E-state index is 7.17. The highest BCUT2D eigenvalue weighted by Crippen LogP contribution is 2.50. The molecule has 0 radical (unpaired) electrons. The van der Waals surface area contributed by atoms with Gasteiger partial charge in [-0.3, -0.25) is 0 Å². The molecule has 4 heteroatoms. The van der Waals surface area contributed by atoms with Crippen molar-refractivity contribution in [2.24, 2.45) is 0 Å². The van der Waals surface area contributed by atoms with Crippen LogP contribution in [-0.2, 0) is 19.3 Å². The van der Waals surface area contributed by atoms with E-state index < -0.39 is 8.60 Å². The summed E-state index contributed by atoms with van der Waals surface area (Å²) in [5, 5.41) is 0. The molecule has 374 valence electrons. The molecule has 0 aliphatic heterocycles. The van der Waals surface area contributed by atoms with Gasteiger partial charge < -0.3 is 13.6 Å². The lowest BCUT2D eigenvalue weighted by Crippen LogP contribution is -2.05. The van der Waals surface area contributed by atoms with Gasteiger partial charge in [-0.2, -0.15) is 0 Å². The molecule has 6 aromatic carbocycles. The zero-order chi connectivity index (χ0) is 48.7. The van der Waals surface area contributed by atoms with Crippen LogP contribution in [0.2, 0.25) is 0 Å². The third-order valence-electron chi connectivity index (χ3n) is 14.0. The van der Waals surface area contributed by atoms with Crippen LogP contribution in [0, 0.1) is 0 Å². The molecular weight excluding hydrogens is 872 g/mol. The zero-order valence-corrected chi connectivity index (χ0v) is 44.5. The van der Waals surface area contributed by atoms with Gasteiger partial charge in [0.15, 0.2) is 0 Å². The van der Waals surface area contributed by atoms with Crippen LogP contribution in [0.1, 0.15) is 192 Å². The van der Waals surface area contributed by atoms with Gasteiger partial charge in [0.25, 0.3) is 0 Å². The number of hydrogen-bond acceptors (Lipinski definition) is 3. The highest BCUT2D eigenvalue weighted by atomic mass is 31.2. The second-order valence-corrected chi connectivity index (χ2v) is 20.6. The molecule has 6 rings (SSSR count). The van der Waals surface area contributed by atoms with Gasteiger partial charge in [0.05, 0.1) is 0 Å². The van der Waals surface area contributed by atoms with E-state index in [1.54, 1.807) is 0 Å². The van der Waals surface area contributed by atoms with Crippen molar-refractivity contribution in [1.29, 1.82) is 0 Å². The van der Waals surface area contributed by atoms with Gasteiger partial charge in [-0.05, 0) is 90.1 Å². The maximum Gasteiger partial charge on any atom is 0.530 e. The van der Waals surface area contributed by atoms with Gasteiger partial charge in [-0.1, -0.05) is 283 Å². The average Bonchev–Trinajstić information content (AvgIpc) is 3.39. The first-order chi connectivity index (χ1) is 34.7. The predicted molar refractivity (Wildman–Crippen MR) is 303 cm³/mol. The van der Waals surface area contributed by atoms with Crippen LogP contribution in [0.3, 0.4) is 0 Å². The monoisotopic (exact) mass is 959 g/mol. The SMILES string of the molecule is CCCCCCCCCCc1ccccc1-c1ccccc1OP(Oc1ccccc1-c1ccccc1CCCCCCCCCC)Oc1ccccc1-c1ccccc1CCCCCCCCCC. The summed E-state index contributed by atoms with van der Waals surface area (Å²) < 4.78 is 21.5. The lowest BCUT2D eigenvalue weighted by Gasteiger charge is -2.23. The van der Waals surface area contributed by atoms with Crippen molar-refractivity contribution in [2.75, 3.05) is 0 Å². The third-order valence-corrected chi connectivity index (χ3v) is 15.0. The van der Waals surface area contributed by atoms with Crippen LogP contribution < -0.4 is 13.6 Å². The highest BCUT2D eigenvalue weighted by molar-refractivity contribution is 7.43. The molecule has 0 N–H and O–H groups in total. The minimum atomic E-state index is -2.01. The molecule has 0 aliphatic rings. The molecule has 0 fully saturated rings. The second kappa shape index (κ2) is 32.9. The molecule has 3 nitrogen and oxygen atoms in total. The van der Waals surface area contributed by atoms with Gasteiger partial charge in [0.1, 0.15) is 17.2 Å². The Morgan fingerprint density at radius 3 is 0.729 bits per heavy atom. The van der Waals surface area contributed by atoms with Crippen LogP contribution in [0.25, 0.3) is 33.4 Å². The van der Waals surface area contributed by atoms with E-state index in [4.69, 9.17) is 13.6 Å². The Hall–Kier alpha value is -4.85. The van der Waals surface area contributed by atoms with Crippen molar-refractivity contribution < 1.29 is 13.6 Å². The molecule has 0 aromatic heterocycles. The minimum absolute atomic E-state index is 0.761. The number of unbranched alkanes of at least 4 members (excludes halogenated alkanes) is 21. The lowest BCUT2D eigenvalue weighted by atomic mass is 9.95. The summed E-state index contributed by atoms with van der Waals surface area (Å²) in [7, 11) is -2.01. The van der Waals surface area contributed by atoms with E-state index in [0.29, 0.717) is 0 Å². The van der Waals surface area contributed by atoms with E-state index in [-0.39, 0.29) is 0 Å². The van der Waals surface area contributed by atoms with Crippen LogP contribution in [0.5, 0.6) is 17.2 Å². The Morgan fingerprint density at radius 1 is 0.243 bits per heavy atom. The molecule has 0 atom stereocenters. The van der Waals surface area contributed by atoms with Gasteiger partial charge in [-0.15, -0.1) is 0 Å². The molecule has 0 unspecified atom stereocenters. The Kier molecular flexibility index (Phi) is 25.6. The molecule has 70 heavy (non-hydrogen) atoms. The lowest BCUT2D eigenvalue weighted by molar-refractivity contribution is 0.390. The van der Waals surface area contributed by atoms with Gasteiger partial charge >= 0.3 is 8.60 Å². The molecule has 0 amide bonds. The average molecular weight is 959 g/mol. The smallest absolute Gasteiger partial charge is 0.408 e. The molecular formula is C66H87O3P. The summed E-state index contributed by atoms with van der Waals surface area (Å²) in [5.41, 5.74) is 10.9. The van der Waals surface area contributed by atoms with Crippen molar-refractivity contribution in [3.8, 4) is 50.6 Å². The van der Waals surface area contributed by atoms with Crippen molar-refractivity contribution in [1.82, 2.24) is 0 Å². The summed E-state index contributed by atoms with van der Waals surface area (Å²) in [6, 6.07) is 52.1. The molecule has 0 aliphatic carbocycles. The van der Waals surface area contributed by atoms with E-state index in [2.05, 4.69) is 166 Å². The first-order valence-corrected chi connectivity index (χ1v) is 29.2. The Bertz CT molecular complexity index is 2070. The van der Waals surface area contributed by atoms with Crippen LogP contribution in [-0.4, -0.2) is 0 Å². The fourth-order valence-electron chi connectivity index (χ4n) is 9.95. The highest BCUT2D eigenvalue weighted by Gasteiger charge is 2.26. The fourth-order valence-corrected chi connectivity index (χ4v) is 11.0. The number of benzene rings is 6. The van der Waals surface area contributed by atoms with Crippen LogP contribution in [0.4, 0.5) is 0 Å². The molecule has 0 heterocycles. The number of para-hydroxylation sites is 3. The van der Waals surface area contributed by atoms with Gasteiger partial charge in [0.2, 0.25) is 0 Å². The zero-order valence-electron chi connectivity index (χ0n) is 43.6. The van der Waals surface area contributed by atoms with E-state index in [9.17, 15) is 0 Å². The maximum absolute atomic E-state index is 7.17. The Balaban J connectivity index is 1.27.